The lowest BCUT2D eigenvalue weighted by Gasteiger charge is -2.40. The Morgan fingerprint density at radius 1 is 0.625 bits per heavy atom. The van der Waals surface area contributed by atoms with Gasteiger partial charge in [-0.2, -0.15) is 0 Å². The van der Waals surface area contributed by atoms with Gasteiger partial charge >= 0.3 is 10.2 Å². The zero-order valence-corrected chi connectivity index (χ0v) is 19.7. The fraction of sp³-hybridized carbons (Fsp3) is 0.538. The molecule has 3 rings (SSSR count). The standard InChI is InChI=1S/C26H35F5S/c1-2-3-4-5-6-7-8-21-9-11-22(12-10-21)23-13-15-24(16-14-23)25-17-19-26(20-18-25)32(27,28,29,30)31/h9-12,17-20,23-24H,2-8,13-16H2,1H3/t23-,24-. The molecule has 0 amide bonds. The molecule has 0 radical (unpaired) electrons. The maximum Gasteiger partial charge on any atom is 0.310 e. The second-order valence-electron chi connectivity index (χ2n) is 9.35. The van der Waals surface area contributed by atoms with Crippen LogP contribution in [0.3, 0.4) is 0 Å². The number of halogens is 5. The topological polar surface area (TPSA) is 0 Å². The van der Waals surface area contributed by atoms with E-state index in [2.05, 4.69) is 31.2 Å². The lowest BCUT2D eigenvalue weighted by atomic mass is 9.76. The predicted molar refractivity (Wildman–Crippen MR) is 125 cm³/mol. The van der Waals surface area contributed by atoms with Crippen LogP contribution in [0.15, 0.2) is 53.4 Å². The zero-order chi connectivity index (χ0) is 23.3. The Kier molecular flexibility index (Phi) is 7.33. The third kappa shape index (κ3) is 7.23. The molecule has 0 nitrogen and oxygen atoms in total. The van der Waals surface area contributed by atoms with Crippen LogP contribution in [0.1, 0.15) is 99.7 Å². The van der Waals surface area contributed by atoms with Gasteiger partial charge in [0.15, 0.2) is 0 Å². The van der Waals surface area contributed by atoms with Crippen molar-refractivity contribution in [2.24, 2.45) is 0 Å². The van der Waals surface area contributed by atoms with E-state index in [0.717, 1.165) is 37.7 Å². The number of benzene rings is 2. The van der Waals surface area contributed by atoms with Crippen molar-refractivity contribution in [3.63, 3.8) is 0 Å². The second kappa shape index (κ2) is 9.36. The summed E-state index contributed by atoms with van der Waals surface area (Å²) >= 11 is 0. The Hall–Kier alpha value is -1.56. The van der Waals surface area contributed by atoms with E-state index in [4.69, 9.17) is 0 Å². The summed E-state index contributed by atoms with van der Waals surface area (Å²) in [5.74, 6) is 0.587. The summed E-state index contributed by atoms with van der Waals surface area (Å²) in [5, 5.41) is 0. The van der Waals surface area contributed by atoms with E-state index >= 15 is 0 Å². The average molecular weight is 475 g/mol. The van der Waals surface area contributed by atoms with Crippen molar-refractivity contribution < 1.29 is 19.4 Å². The minimum atomic E-state index is -9.59. The van der Waals surface area contributed by atoms with E-state index in [0.29, 0.717) is 18.1 Å². The molecule has 0 unspecified atom stereocenters. The Morgan fingerprint density at radius 3 is 1.53 bits per heavy atom. The molecule has 1 fully saturated rings. The Morgan fingerprint density at radius 2 is 1.06 bits per heavy atom. The van der Waals surface area contributed by atoms with Gasteiger partial charge in [0.2, 0.25) is 0 Å². The van der Waals surface area contributed by atoms with Crippen LogP contribution in [0.25, 0.3) is 0 Å². The first kappa shape index (κ1) is 25.1. The predicted octanol–water partition coefficient (Wildman–Crippen LogP) is 10.7. The molecular formula is C26H35F5S. The smallest absolute Gasteiger partial charge is 0.0936 e. The van der Waals surface area contributed by atoms with E-state index < -0.39 is 15.1 Å². The van der Waals surface area contributed by atoms with Gasteiger partial charge in [-0.05, 0) is 79.2 Å². The number of rotatable bonds is 10. The van der Waals surface area contributed by atoms with Crippen LogP contribution in [0.4, 0.5) is 19.4 Å². The molecule has 0 atom stereocenters. The SMILES string of the molecule is CCCCCCCCc1ccc([C@H]2CC[C@H](c3ccc(S(F)(F)(F)(F)F)cc3)CC2)cc1. The molecule has 6 heteroatoms. The average Bonchev–Trinajstić information content (AvgIpc) is 2.75. The summed E-state index contributed by atoms with van der Waals surface area (Å²) in [7, 11) is -9.59. The highest BCUT2D eigenvalue weighted by Gasteiger charge is 2.65. The third-order valence-corrected chi connectivity index (χ3v) is 7.96. The van der Waals surface area contributed by atoms with Crippen molar-refractivity contribution >= 4 is 10.2 Å². The van der Waals surface area contributed by atoms with Gasteiger partial charge in [0, 0.05) is 0 Å². The maximum absolute atomic E-state index is 12.9. The first-order chi connectivity index (χ1) is 15.0. The third-order valence-electron chi connectivity index (χ3n) is 6.79. The van der Waals surface area contributed by atoms with Gasteiger partial charge in [-0.25, -0.2) is 0 Å². The van der Waals surface area contributed by atoms with E-state index in [1.807, 2.05) is 0 Å². The number of hydrogen-bond donors (Lipinski definition) is 0. The minimum absolute atomic E-state index is 0.130. The van der Waals surface area contributed by atoms with Crippen LogP contribution < -0.4 is 0 Å². The number of hydrogen-bond acceptors (Lipinski definition) is 0. The first-order valence-corrected chi connectivity index (χ1v) is 13.8. The summed E-state index contributed by atoms with van der Waals surface area (Å²) in [5.41, 5.74) is 3.43. The van der Waals surface area contributed by atoms with Crippen LogP contribution in [-0.2, 0) is 6.42 Å². The Bertz CT molecular complexity index is 849. The summed E-state index contributed by atoms with van der Waals surface area (Å²) < 4.78 is 64.6. The fourth-order valence-electron chi connectivity index (χ4n) is 4.82. The van der Waals surface area contributed by atoms with E-state index in [1.54, 1.807) is 0 Å². The van der Waals surface area contributed by atoms with Crippen LogP contribution in [-0.4, -0.2) is 0 Å². The molecule has 1 aliphatic carbocycles. The molecule has 0 aliphatic heterocycles. The molecule has 0 spiro atoms. The Labute approximate surface area is 189 Å². The normalized spacial score (nSPS) is 21.7. The van der Waals surface area contributed by atoms with Crippen LogP contribution in [0.2, 0.25) is 0 Å². The summed E-state index contributed by atoms with van der Waals surface area (Å²) in [6, 6.07) is 12.5. The van der Waals surface area contributed by atoms with Gasteiger partial charge in [0.1, 0.15) is 4.90 Å². The molecule has 2 aromatic carbocycles. The molecular weight excluding hydrogens is 439 g/mol. The lowest BCUT2D eigenvalue weighted by molar-refractivity contribution is 0.363. The monoisotopic (exact) mass is 474 g/mol. The maximum atomic E-state index is 12.9. The largest absolute Gasteiger partial charge is 0.310 e. The van der Waals surface area contributed by atoms with Crippen molar-refractivity contribution in [2.45, 2.75) is 94.3 Å². The molecule has 2 aromatic rings. The molecule has 0 N–H and O–H groups in total. The van der Waals surface area contributed by atoms with Gasteiger partial charge in [0.25, 0.3) is 0 Å². The molecule has 0 aromatic heterocycles. The molecule has 32 heavy (non-hydrogen) atoms. The van der Waals surface area contributed by atoms with E-state index in [-0.39, 0.29) is 5.92 Å². The highest BCUT2D eigenvalue weighted by molar-refractivity contribution is 8.45. The number of unbranched alkanes of at least 4 members (excludes halogenated alkanes) is 5. The molecule has 180 valence electrons. The van der Waals surface area contributed by atoms with Crippen LogP contribution >= 0.6 is 10.2 Å². The summed E-state index contributed by atoms with van der Waals surface area (Å²) in [6.45, 7) is 2.23. The van der Waals surface area contributed by atoms with Crippen molar-refractivity contribution in [3.8, 4) is 0 Å². The second-order valence-corrected chi connectivity index (χ2v) is 11.8. The first-order valence-electron chi connectivity index (χ1n) is 11.9. The molecule has 1 saturated carbocycles. The highest BCUT2D eigenvalue weighted by Crippen LogP contribution is 3.02. The molecule has 1 aliphatic rings. The van der Waals surface area contributed by atoms with Crippen molar-refractivity contribution in [3.05, 3.63) is 65.2 Å². The van der Waals surface area contributed by atoms with Gasteiger partial charge in [-0.3, -0.25) is 0 Å². The van der Waals surface area contributed by atoms with Gasteiger partial charge < -0.3 is 0 Å². The number of aryl methyl sites for hydroxylation is 1. The molecule has 0 heterocycles. The Balaban J connectivity index is 1.48. The van der Waals surface area contributed by atoms with Gasteiger partial charge in [-0.15, -0.1) is 0 Å². The van der Waals surface area contributed by atoms with Crippen molar-refractivity contribution in [1.29, 1.82) is 0 Å². The van der Waals surface area contributed by atoms with Gasteiger partial charge in [-0.1, -0.05) is 94.9 Å². The lowest BCUT2D eigenvalue weighted by Crippen LogP contribution is -2.12. The minimum Gasteiger partial charge on any atom is -0.0936 e. The highest BCUT2D eigenvalue weighted by atomic mass is 32.5. The summed E-state index contributed by atoms with van der Waals surface area (Å²) in [4.78, 5) is -1.80. The van der Waals surface area contributed by atoms with Crippen molar-refractivity contribution in [2.75, 3.05) is 0 Å². The van der Waals surface area contributed by atoms with E-state index in [9.17, 15) is 19.4 Å². The fourth-order valence-corrected chi connectivity index (χ4v) is 5.47. The summed E-state index contributed by atoms with van der Waals surface area (Å²) in [6.07, 6.45) is 12.5. The van der Waals surface area contributed by atoms with Crippen LogP contribution in [0.5, 0.6) is 0 Å². The molecule has 0 bridgehead atoms. The quantitative estimate of drug-likeness (QED) is 0.237. The van der Waals surface area contributed by atoms with Crippen LogP contribution in [0, 0.1) is 0 Å². The van der Waals surface area contributed by atoms with Gasteiger partial charge in [0.05, 0.1) is 0 Å². The van der Waals surface area contributed by atoms with E-state index in [1.165, 1.54) is 61.8 Å². The van der Waals surface area contributed by atoms with Crippen molar-refractivity contribution in [1.82, 2.24) is 0 Å². The zero-order valence-electron chi connectivity index (χ0n) is 18.8. The molecule has 0 saturated heterocycles.